The van der Waals surface area contributed by atoms with Gasteiger partial charge in [-0.1, -0.05) is 42.5 Å². The summed E-state index contributed by atoms with van der Waals surface area (Å²) in [7, 11) is 3.91. The van der Waals surface area contributed by atoms with Crippen LogP contribution in [-0.2, 0) is 4.79 Å². The van der Waals surface area contributed by atoms with Gasteiger partial charge in [-0.25, -0.2) is 4.98 Å². The minimum atomic E-state index is -0.469. The maximum atomic E-state index is 12.4. The van der Waals surface area contributed by atoms with Gasteiger partial charge in [-0.2, -0.15) is 5.26 Å². The molecule has 2 aromatic carbocycles. The number of anilines is 2. The number of hydrogen-bond acceptors (Lipinski definition) is 5. The molecule has 0 saturated heterocycles. The van der Waals surface area contributed by atoms with Gasteiger partial charge in [0, 0.05) is 30.7 Å². The first-order valence-corrected chi connectivity index (χ1v) is 9.16. The number of aromatic nitrogens is 1. The van der Waals surface area contributed by atoms with Crippen LogP contribution in [0.2, 0.25) is 0 Å². The molecule has 0 bridgehead atoms. The van der Waals surface area contributed by atoms with Crippen molar-refractivity contribution in [3.05, 3.63) is 71.1 Å². The van der Waals surface area contributed by atoms with Gasteiger partial charge in [-0.05, 0) is 23.8 Å². The zero-order chi connectivity index (χ0) is 19.2. The van der Waals surface area contributed by atoms with Crippen LogP contribution in [0.5, 0.6) is 0 Å². The van der Waals surface area contributed by atoms with Crippen molar-refractivity contribution in [2.75, 3.05) is 24.3 Å². The van der Waals surface area contributed by atoms with E-state index >= 15 is 0 Å². The predicted molar refractivity (Wildman–Crippen MR) is 111 cm³/mol. The smallest absolute Gasteiger partial charge is 0.268 e. The quantitative estimate of drug-likeness (QED) is 0.530. The number of thiazole rings is 1. The van der Waals surface area contributed by atoms with Gasteiger partial charge in [0.25, 0.3) is 5.91 Å². The second-order valence-corrected chi connectivity index (χ2v) is 6.87. The standard InChI is InChI=1S/C21H18N4OS/c1-25(2)18-10-8-15(9-11-18)12-17(13-22)20(26)24-21-23-19(14-27-21)16-6-4-3-5-7-16/h3-12,14H,1-2H3,(H,23,24,26)/b17-12+. The van der Waals surface area contributed by atoms with Crippen LogP contribution in [0.4, 0.5) is 10.8 Å². The van der Waals surface area contributed by atoms with E-state index in [0.29, 0.717) is 5.13 Å². The molecule has 1 aromatic heterocycles. The highest BCUT2D eigenvalue weighted by molar-refractivity contribution is 7.14. The van der Waals surface area contributed by atoms with Crippen molar-refractivity contribution < 1.29 is 4.79 Å². The Bertz CT molecular complexity index is 999. The Morgan fingerprint density at radius 1 is 1.15 bits per heavy atom. The Labute approximate surface area is 162 Å². The second-order valence-electron chi connectivity index (χ2n) is 6.01. The van der Waals surface area contributed by atoms with Gasteiger partial charge in [0.05, 0.1) is 5.69 Å². The average Bonchev–Trinajstić information content (AvgIpc) is 3.15. The zero-order valence-electron chi connectivity index (χ0n) is 15.0. The van der Waals surface area contributed by atoms with Gasteiger partial charge in [-0.3, -0.25) is 10.1 Å². The highest BCUT2D eigenvalue weighted by Gasteiger charge is 2.12. The minimum Gasteiger partial charge on any atom is -0.378 e. The molecule has 27 heavy (non-hydrogen) atoms. The summed E-state index contributed by atoms with van der Waals surface area (Å²) in [5.41, 5.74) is 3.63. The van der Waals surface area contributed by atoms with E-state index in [1.807, 2.05) is 85.0 Å². The number of nitriles is 1. The fraction of sp³-hybridized carbons (Fsp3) is 0.0952. The van der Waals surface area contributed by atoms with E-state index in [0.717, 1.165) is 22.5 Å². The molecule has 0 unspecified atom stereocenters. The van der Waals surface area contributed by atoms with Crippen molar-refractivity contribution in [1.29, 1.82) is 5.26 Å². The first-order valence-electron chi connectivity index (χ1n) is 8.28. The third-order valence-corrected chi connectivity index (χ3v) is 4.64. The number of amides is 1. The Morgan fingerprint density at radius 3 is 2.48 bits per heavy atom. The molecule has 0 fully saturated rings. The van der Waals surface area contributed by atoms with Crippen LogP contribution in [0.25, 0.3) is 17.3 Å². The molecule has 3 rings (SSSR count). The minimum absolute atomic E-state index is 0.0315. The first-order chi connectivity index (χ1) is 13.1. The molecule has 0 aliphatic carbocycles. The molecule has 0 atom stereocenters. The van der Waals surface area contributed by atoms with Crippen molar-refractivity contribution in [2.24, 2.45) is 0 Å². The van der Waals surface area contributed by atoms with Crippen LogP contribution in [0.3, 0.4) is 0 Å². The predicted octanol–water partition coefficient (Wildman–Crippen LogP) is 4.42. The van der Waals surface area contributed by atoms with Crippen LogP contribution in [-0.4, -0.2) is 25.0 Å². The van der Waals surface area contributed by atoms with E-state index in [9.17, 15) is 10.1 Å². The molecule has 0 aliphatic rings. The number of benzene rings is 2. The average molecular weight is 374 g/mol. The lowest BCUT2D eigenvalue weighted by Gasteiger charge is -2.11. The molecule has 3 aromatic rings. The number of carbonyl (C=O) groups excluding carboxylic acids is 1. The third-order valence-electron chi connectivity index (χ3n) is 3.88. The molecule has 0 aliphatic heterocycles. The summed E-state index contributed by atoms with van der Waals surface area (Å²) in [4.78, 5) is 18.8. The van der Waals surface area contributed by atoms with Crippen LogP contribution in [0, 0.1) is 11.3 Å². The fourth-order valence-electron chi connectivity index (χ4n) is 2.42. The molecule has 0 radical (unpaired) electrons. The van der Waals surface area contributed by atoms with Crippen molar-refractivity contribution in [2.45, 2.75) is 0 Å². The van der Waals surface area contributed by atoms with E-state index in [-0.39, 0.29) is 5.57 Å². The lowest BCUT2D eigenvalue weighted by molar-refractivity contribution is -0.112. The van der Waals surface area contributed by atoms with Crippen molar-refractivity contribution >= 4 is 34.1 Å². The third kappa shape index (κ3) is 4.60. The molecule has 134 valence electrons. The highest BCUT2D eigenvalue weighted by Crippen LogP contribution is 2.25. The Kier molecular flexibility index (Phi) is 5.64. The number of nitrogens with zero attached hydrogens (tertiary/aromatic N) is 3. The lowest BCUT2D eigenvalue weighted by Crippen LogP contribution is -2.13. The monoisotopic (exact) mass is 374 g/mol. The lowest BCUT2D eigenvalue weighted by atomic mass is 10.1. The summed E-state index contributed by atoms with van der Waals surface area (Å²) in [6.45, 7) is 0. The molecule has 1 amide bonds. The summed E-state index contributed by atoms with van der Waals surface area (Å²) in [5.74, 6) is -0.469. The van der Waals surface area contributed by atoms with E-state index < -0.39 is 5.91 Å². The van der Waals surface area contributed by atoms with Crippen LogP contribution in [0.1, 0.15) is 5.56 Å². The van der Waals surface area contributed by atoms with Crippen LogP contribution in [0.15, 0.2) is 65.6 Å². The summed E-state index contributed by atoms with van der Waals surface area (Å²) >= 11 is 1.33. The van der Waals surface area contributed by atoms with Gasteiger partial charge < -0.3 is 4.90 Å². The normalized spacial score (nSPS) is 10.9. The molecule has 1 heterocycles. The molecule has 5 nitrogen and oxygen atoms in total. The Hall–Kier alpha value is -3.43. The van der Waals surface area contributed by atoms with E-state index in [1.54, 1.807) is 6.08 Å². The summed E-state index contributed by atoms with van der Waals surface area (Å²) in [5, 5.41) is 14.4. The van der Waals surface area contributed by atoms with E-state index in [2.05, 4.69) is 10.3 Å². The van der Waals surface area contributed by atoms with E-state index in [1.165, 1.54) is 11.3 Å². The summed E-state index contributed by atoms with van der Waals surface area (Å²) in [6.07, 6.45) is 1.57. The Morgan fingerprint density at radius 2 is 1.85 bits per heavy atom. The largest absolute Gasteiger partial charge is 0.378 e. The number of nitrogens with one attached hydrogen (secondary N) is 1. The molecule has 1 N–H and O–H groups in total. The summed E-state index contributed by atoms with van der Waals surface area (Å²) < 4.78 is 0. The van der Waals surface area contributed by atoms with Gasteiger partial charge in [0.2, 0.25) is 0 Å². The molecular formula is C21H18N4OS. The van der Waals surface area contributed by atoms with Crippen LogP contribution < -0.4 is 10.2 Å². The number of carbonyl (C=O) groups is 1. The summed E-state index contributed by atoms with van der Waals surface area (Å²) in [6, 6.07) is 19.3. The maximum absolute atomic E-state index is 12.4. The highest BCUT2D eigenvalue weighted by atomic mass is 32.1. The SMILES string of the molecule is CN(C)c1ccc(/C=C(\C#N)C(=O)Nc2nc(-c3ccccc3)cs2)cc1. The van der Waals surface area contributed by atoms with Gasteiger partial charge in [0.15, 0.2) is 5.13 Å². The van der Waals surface area contributed by atoms with Crippen molar-refractivity contribution in [3.63, 3.8) is 0 Å². The molecular weight excluding hydrogens is 356 g/mol. The molecule has 0 spiro atoms. The number of hydrogen-bond donors (Lipinski definition) is 1. The first kappa shape index (κ1) is 18.4. The van der Waals surface area contributed by atoms with Gasteiger partial charge >= 0.3 is 0 Å². The van der Waals surface area contributed by atoms with Crippen LogP contribution >= 0.6 is 11.3 Å². The van der Waals surface area contributed by atoms with Gasteiger partial charge in [0.1, 0.15) is 11.6 Å². The fourth-order valence-corrected chi connectivity index (χ4v) is 3.14. The topological polar surface area (TPSA) is 69.0 Å². The molecule has 0 saturated carbocycles. The Balaban J connectivity index is 1.74. The van der Waals surface area contributed by atoms with Crippen molar-refractivity contribution in [3.8, 4) is 17.3 Å². The van der Waals surface area contributed by atoms with E-state index in [4.69, 9.17) is 0 Å². The second kappa shape index (κ2) is 8.30. The van der Waals surface area contributed by atoms with Gasteiger partial charge in [-0.15, -0.1) is 11.3 Å². The number of rotatable bonds is 5. The zero-order valence-corrected chi connectivity index (χ0v) is 15.8. The van der Waals surface area contributed by atoms with Crippen molar-refractivity contribution in [1.82, 2.24) is 4.98 Å². The maximum Gasteiger partial charge on any atom is 0.268 e. The molecule has 6 heteroatoms.